The molecule has 0 bridgehead atoms. The molecule has 1 aliphatic rings. The Morgan fingerprint density at radius 2 is 1.76 bits per heavy atom. The minimum atomic E-state index is -0.358. The lowest BCUT2D eigenvalue weighted by Crippen LogP contribution is -2.47. The van der Waals surface area contributed by atoms with E-state index in [9.17, 15) is 9.59 Å². The standard InChI is InChI=1S/C12H23N3O2/c1-2-14-11(17)9-15-10(16)8-12(13)6-4-3-5-7-12/h2-9,13H2,1H3,(H,14,17)(H,15,16). The van der Waals surface area contributed by atoms with Gasteiger partial charge in [0, 0.05) is 18.5 Å². The Morgan fingerprint density at radius 3 is 2.35 bits per heavy atom. The highest BCUT2D eigenvalue weighted by Gasteiger charge is 2.29. The molecule has 98 valence electrons. The maximum atomic E-state index is 11.7. The number of amides is 2. The molecule has 5 nitrogen and oxygen atoms in total. The number of hydrogen-bond acceptors (Lipinski definition) is 3. The highest BCUT2D eigenvalue weighted by atomic mass is 16.2. The Kier molecular flexibility index (Phi) is 5.41. The first-order chi connectivity index (χ1) is 8.06. The van der Waals surface area contributed by atoms with E-state index in [4.69, 9.17) is 5.73 Å². The summed E-state index contributed by atoms with van der Waals surface area (Å²) in [7, 11) is 0. The Labute approximate surface area is 103 Å². The van der Waals surface area contributed by atoms with Crippen LogP contribution in [0.2, 0.25) is 0 Å². The van der Waals surface area contributed by atoms with Gasteiger partial charge in [-0.25, -0.2) is 0 Å². The topological polar surface area (TPSA) is 84.2 Å². The Morgan fingerprint density at radius 1 is 1.12 bits per heavy atom. The van der Waals surface area contributed by atoms with E-state index in [2.05, 4.69) is 10.6 Å². The van der Waals surface area contributed by atoms with Gasteiger partial charge in [-0.05, 0) is 19.8 Å². The molecule has 0 atom stereocenters. The maximum Gasteiger partial charge on any atom is 0.239 e. The normalized spacial score (nSPS) is 18.5. The number of carbonyl (C=O) groups excluding carboxylic acids is 2. The summed E-state index contributed by atoms with van der Waals surface area (Å²) in [5, 5.41) is 5.24. The van der Waals surface area contributed by atoms with E-state index in [1.54, 1.807) is 0 Å². The van der Waals surface area contributed by atoms with Gasteiger partial charge in [0.2, 0.25) is 11.8 Å². The van der Waals surface area contributed by atoms with Crippen LogP contribution in [0.1, 0.15) is 45.4 Å². The summed E-state index contributed by atoms with van der Waals surface area (Å²) in [5.74, 6) is -0.281. The molecule has 17 heavy (non-hydrogen) atoms. The smallest absolute Gasteiger partial charge is 0.239 e. The second-order valence-electron chi connectivity index (χ2n) is 4.83. The zero-order valence-electron chi connectivity index (χ0n) is 10.6. The average Bonchev–Trinajstić information content (AvgIpc) is 2.27. The molecule has 0 aliphatic heterocycles. The molecule has 0 saturated heterocycles. The van der Waals surface area contributed by atoms with Crippen LogP contribution in [0.5, 0.6) is 0 Å². The lowest BCUT2D eigenvalue weighted by atomic mass is 9.80. The van der Waals surface area contributed by atoms with E-state index in [0.717, 1.165) is 25.7 Å². The van der Waals surface area contributed by atoms with Gasteiger partial charge in [-0.1, -0.05) is 19.3 Å². The fraction of sp³-hybridized carbons (Fsp3) is 0.833. The molecule has 0 spiro atoms. The number of nitrogens with two attached hydrogens (primary N) is 1. The summed E-state index contributed by atoms with van der Waals surface area (Å²) in [4.78, 5) is 22.8. The third-order valence-electron chi connectivity index (χ3n) is 3.18. The zero-order chi connectivity index (χ0) is 12.7. The fourth-order valence-electron chi connectivity index (χ4n) is 2.25. The maximum absolute atomic E-state index is 11.7. The van der Waals surface area contributed by atoms with E-state index in [0.29, 0.717) is 13.0 Å². The minimum Gasteiger partial charge on any atom is -0.355 e. The number of rotatable bonds is 5. The molecule has 0 aromatic heterocycles. The summed E-state index contributed by atoms with van der Waals surface area (Å²) in [6.45, 7) is 2.47. The molecule has 0 unspecified atom stereocenters. The number of carbonyl (C=O) groups is 2. The van der Waals surface area contributed by atoms with E-state index in [-0.39, 0.29) is 23.9 Å². The molecular formula is C12H23N3O2. The van der Waals surface area contributed by atoms with Gasteiger partial charge in [0.1, 0.15) is 0 Å². The average molecular weight is 241 g/mol. The summed E-state index contributed by atoms with van der Waals surface area (Å²) in [6.07, 6.45) is 5.54. The van der Waals surface area contributed by atoms with Crippen molar-refractivity contribution in [3.05, 3.63) is 0 Å². The van der Waals surface area contributed by atoms with Gasteiger partial charge >= 0.3 is 0 Å². The van der Waals surface area contributed by atoms with Crippen molar-refractivity contribution < 1.29 is 9.59 Å². The third kappa shape index (κ3) is 5.17. The first kappa shape index (κ1) is 14.0. The van der Waals surface area contributed by atoms with Crippen molar-refractivity contribution in [1.82, 2.24) is 10.6 Å². The molecule has 1 aliphatic carbocycles. The molecule has 2 amide bonds. The molecule has 4 N–H and O–H groups in total. The molecule has 0 radical (unpaired) electrons. The number of hydrogen-bond donors (Lipinski definition) is 3. The van der Waals surface area contributed by atoms with Crippen molar-refractivity contribution in [2.24, 2.45) is 5.73 Å². The molecule has 1 saturated carbocycles. The van der Waals surface area contributed by atoms with Crippen LogP contribution in [0.15, 0.2) is 0 Å². The van der Waals surface area contributed by atoms with Gasteiger partial charge in [0.05, 0.1) is 6.54 Å². The summed E-state index contributed by atoms with van der Waals surface area (Å²) in [5.41, 5.74) is 5.81. The van der Waals surface area contributed by atoms with Gasteiger partial charge in [-0.2, -0.15) is 0 Å². The van der Waals surface area contributed by atoms with Crippen molar-refractivity contribution in [1.29, 1.82) is 0 Å². The fourth-order valence-corrected chi connectivity index (χ4v) is 2.25. The third-order valence-corrected chi connectivity index (χ3v) is 3.18. The highest BCUT2D eigenvalue weighted by molar-refractivity contribution is 5.85. The number of likely N-dealkylation sites (N-methyl/N-ethyl adjacent to an activating group) is 1. The Bertz CT molecular complexity index is 273. The van der Waals surface area contributed by atoms with Gasteiger partial charge in [-0.15, -0.1) is 0 Å². The molecule has 5 heteroatoms. The molecule has 0 heterocycles. The molecular weight excluding hydrogens is 218 g/mol. The van der Waals surface area contributed by atoms with Crippen LogP contribution in [-0.2, 0) is 9.59 Å². The van der Waals surface area contributed by atoms with Crippen LogP contribution < -0.4 is 16.4 Å². The largest absolute Gasteiger partial charge is 0.355 e. The van der Waals surface area contributed by atoms with Crippen molar-refractivity contribution in [2.45, 2.75) is 51.0 Å². The summed E-state index contributed by atoms with van der Waals surface area (Å²) >= 11 is 0. The van der Waals surface area contributed by atoms with Gasteiger partial charge in [0.15, 0.2) is 0 Å². The minimum absolute atomic E-state index is 0.0444. The first-order valence-electron chi connectivity index (χ1n) is 6.38. The van der Waals surface area contributed by atoms with Crippen molar-refractivity contribution >= 4 is 11.8 Å². The van der Waals surface area contributed by atoms with E-state index < -0.39 is 0 Å². The predicted molar refractivity (Wildman–Crippen MR) is 66.3 cm³/mol. The monoisotopic (exact) mass is 241 g/mol. The van der Waals surface area contributed by atoms with E-state index >= 15 is 0 Å². The zero-order valence-corrected chi connectivity index (χ0v) is 10.6. The summed E-state index contributed by atoms with van der Waals surface area (Å²) in [6, 6.07) is 0. The molecule has 0 aromatic rings. The second-order valence-corrected chi connectivity index (χ2v) is 4.83. The van der Waals surface area contributed by atoms with Crippen LogP contribution >= 0.6 is 0 Å². The van der Waals surface area contributed by atoms with Crippen LogP contribution in [0, 0.1) is 0 Å². The van der Waals surface area contributed by atoms with Crippen molar-refractivity contribution in [2.75, 3.05) is 13.1 Å². The molecule has 1 rings (SSSR count). The van der Waals surface area contributed by atoms with E-state index in [1.807, 2.05) is 6.92 Å². The van der Waals surface area contributed by atoms with Crippen LogP contribution in [0.4, 0.5) is 0 Å². The molecule has 0 aromatic carbocycles. The highest BCUT2D eigenvalue weighted by Crippen LogP contribution is 2.28. The second kappa shape index (κ2) is 6.59. The van der Waals surface area contributed by atoms with Gasteiger partial charge in [0.25, 0.3) is 0 Å². The quantitative estimate of drug-likeness (QED) is 0.647. The van der Waals surface area contributed by atoms with Crippen LogP contribution in [0.3, 0.4) is 0 Å². The first-order valence-corrected chi connectivity index (χ1v) is 6.38. The van der Waals surface area contributed by atoms with Gasteiger partial charge in [-0.3, -0.25) is 9.59 Å². The number of nitrogens with one attached hydrogen (secondary N) is 2. The van der Waals surface area contributed by atoms with Crippen LogP contribution in [-0.4, -0.2) is 30.4 Å². The lowest BCUT2D eigenvalue weighted by Gasteiger charge is -2.32. The van der Waals surface area contributed by atoms with Crippen molar-refractivity contribution in [3.8, 4) is 0 Å². The Hall–Kier alpha value is -1.10. The van der Waals surface area contributed by atoms with E-state index in [1.165, 1.54) is 6.42 Å². The van der Waals surface area contributed by atoms with Crippen LogP contribution in [0.25, 0.3) is 0 Å². The van der Waals surface area contributed by atoms with Gasteiger partial charge < -0.3 is 16.4 Å². The predicted octanol–water partition coefficient (Wildman–Crippen LogP) is 0.290. The van der Waals surface area contributed by atoms with Crippen molar-refractivity contribution in [3.63, 3.8) is 0 Å². The Balaban J connectivity index is 2.26. The lowest BCUT2D eigenvalue weighted by molar-refractivity contribution is -0.126. The molecule has 1 fully saturated rings. The summed E-state index contributed by atoms with van der Waals surface area (Å²) < 4.78 is 0. The SMILES string of the molecule is CCNC(=O)CNC(=O)CC1(N)CCCCC1.